The lowest BCUT2D eigenvalue weighted by atomic mass is 9.97. The van der Waals surface area contributed by atoms with Gasteiger partial charge in [0.25, 0.3) is 0 Å². The molecule has 1 heterocycles. The van der Waals surface area contributed by atoms with Gasteiger partial charge in [-0.15, -0.1) is 0 Å². The quantitative estimate of drug-likeness (QED) is 0.624. The van der Waals surface area contributed by atoms with Crippen LogP contribution in [0.4, 0.5) is 0 Å². The first-order chi connectivity index (χ1) is 5.72. The Morgan fingerprint density at radius 1 is 1.42 bits per heavy atom. The van der Waals surface area contributed by atoms with Gasteiger partial charge in [0.2, 0.25) is 0 Å². The smallest absolute Gasteiger partial charge is 0.000756 e. The van der Waals surface area contributed by atoms with Crippen molar-refractivity contribution in [3.63, 3.8) is 0 Å². The molecule has 0 atom stereocenters. The maximum Gasteiger partial charge on any atom is 0.000756 e. The Labute approximate surface area is 76.5 Å². The Hall–Kier alpha value is -0.0800. The fourth-order valence-electron chi connectivity index (χ4n) is 1.78. The van der Waals surface area contributed by atoms with Crippen molar-refractivity contribution in [1.82, 2.24) is 9.80 Å². The van der Waals surface area contributed by atoms with E-state index in [1.165, 1.54) is 32.5 Å². The summed E-state index contributed by atoms with van der Waals surface area (Å²) in [5, 5.41) is 0. The minimum absolute atomic E-state index is 0.910. The molecular weight excluding hydrogens is 148 g/mol. The lowest BCUT2D eigenvalue weighted by molar-refractivity contribution is 0.182. The molecule has 0 aromatic rings. The molecule has 71 valence electrons. The Bertz CT molecular complexity index is 117. The zero-order chi connectivity index (χ0) is 8.97. The predicted molar refractivity (Wildman–Crippen MR) is 53.1 cm³/mol. The van der Waals surface area contributed by atoms with Crippen LogP contribution in [-0.4, -0.2) is 50.1 Å². The van der Waals surface area contributed by atoms with Crippen LogP contribution in [0.25, 0.3) is 0 Å². The number of hydrogen-bond acceptors (Lipinski definition) is 2. The van der Waals surface area contributed by atoms with Crippen LogP contribution in [0.3, 0.4) is 0 Å². The van der Waals surface area contributed by atoms with Gasteiger partial charge in [-0.3, -0.25) is 0 Å². The molecule has 0 aromatic carbocycles. The van der Waals surface area contributed by atoms with Crippen LogP contribution in [0.5, 0.6) is 0 Å². The second-order valence-corrected chi connectivity index (χ2v) is 4.01. The average Bonchev–Trinajstić information content (AvgIpc) is 2.09. The van der Waals surface area contributed by atoms with Crippen molar-refractivity contribution < 1.29 is 0 Å². The first kappa shape index (κ1) is 10.0. The Balaban J connectivity index is 2.17. The fourth-order valence-corrected chi connectivity index (χ4v) is 1.78. The van der Waals surface area contributed by atoms with Crippen molar-refractivity contribution in [3.05, 3.63) is 6.92 Å². The molecule has 0 aromatic heterocycles. The zero-order valence-electron chi connectivity index (χ0n) is 8.42. The van der Waals surface area contributed by atoms with Gasteiger partial charge in [0.15, 0.2) is 0 Å². The molecule has 1 fully saturated rings. The highest BCUT2D eigenvalue weighted by Gasteiger charge is 2.17. The SMILES string of the molecule is [CH2]CN(C)CC1CCN(C)CC1. The summed E-state index contributed by atoms with van der Waals surface area (Å²) >= 11 is 0. The summed E-state index contributed by atoms with van der Waals surface area (Å²) in [6.07, 6.45) is 2.72. The largest absolute Gasteiger partial charge is 0.306 e. The van der Waals surface area contributed by atoms with Gasteiger partial charge in [0.1, 0.15) is 0 Å². The van der Waals surface area contributed by atoms with E-state index in [2.05, 4.69) is 30.8 Å². The van der Waals surface area contributed by atoms with E-state index < -0.39 is 0 Å². The molecule has 2 nitrogen and oxygen atoms in total. The van der Waals surface area contributed by atoms with E-state index in [9.17, 15) is 0 Å². The van der Waals surface area contributed by atoms with E-state index in [1.54, 1.807) is 0 Å². The van der Waals surface area contributed by atoms with Crippen LogP contribution in [0.1, 0.15) is 12.8 Å². The molecule has 2 heteroatoms. The van der Waals surface area contributed by atoms with Gasteiger partial charge in [-0.25, -0.2) is 0 Å². The molecule has 1 radical (unpaired) electrons. The first-order valence-corrected chi connectivity index (χ1v) is 4.88. The Morgan fingerprint density at radius 2 is 2.00 bits per heavy atom. The first-order valence-electron chi connectivity index (χ1n) is 4.88. The maximum absolute atomic E-state index is 3.88. The van der Waals surface area contributed by atoms with Gasteiger partial charge in [0, 0.05) is 6.54 Å². The number of likely N-dealkylation sites (tertiary alicyclic amines) is 1. The van der Waals surface area contributed by atoms with E-state index in [-0.39, 0.29) is 0 Å². The molecule has 0 amide bonds. The molecule has 1 saturated heterocycles. The molecule has 0 spiro atoms. The van der Waals surface area contributed by atoms with Crippen molar-refractivity contribution in [2.45, 2.75) is 12.8 Å². The number of piperidine rings is 1. The van der Waals surface area contributed by atoms with Crippen LogP contribution in [-0.2, 0) is 0 Å². The van der Waals surface area contributed by atoms with Crippen molar-refractivity contribution in [2.24, 2.45) is 5.92 Å². The summed E-state index contributed by atoms with van der Waals surface area (Å²) in [7, 11) is 4.37. The number of rotatable bonds is 3. The number of nitrogens with zero attached hydrogens (tertiary/aromatic N) is 2. The summed E-state index contributed by atoms with van der Waals surface area (Å²) in [5.74, 6) is 0.910. The van der Waals surface area contributed by atoms with E-state index in [1.807, 2.05) is 0 Å². The number of hydrogen-bond donors (Lipinski definition) is 0. The average molecular weight is 169 g/mol. The molecule has 0 aliphatic carbocycles. The highest BCUT2D eigenvalue weighted by molar-refractivity contribution is 4.72. The maximum atomic E-state index is 3.88. The topological polar surface area (TPSA) is 6.48 Å². The summed E-state index contributed by atoms with van der Waals surface area (Å²) in [6.45, 7) is 8.60. The van der Waals surface area contributed by atoms with Gasteiger partial charge in [0.05, 0.1) is 0 Å². The normalized spacial score (nSPS) is 22.0. The van der Waals surface area contributed by atoms with Gasteiger partial charge in [-0.1, -0.05) is 0 Å². The molecule has 12 heavy (non-hydrogen) atoms. The van der Waals surface area contributed by atoms with Crippen molar-refractivity contribution in [1.29, 1.82) is 0 Å². The third-order valence-corrected chi connectivity index (χ3v) is 2.79. The van der Waals surface area contributed by atoms with E-state index in [0.717, 1.165) is 12.5 Å². The van der Waals surface area contributed by atoms with Crippen molar-refractivity contribution >= 4 is 0 Å². The lowest BCUT2D eigenvalue weighted by Crippen LogP contribution is -2.35. The summed E-state index contributed by atoms with van der Waals surface area (Å²) in [4.78, 5) is 4.73. The van der Waals surface area contributed by atoms with Crippen LogP contribution in [0.15, 0.2) is 0 Å². The van der Waals surface area contributed by atoms with Crippen LogP contribution >= 0.6 is 0 Å². The van der Waals surface area contributed by atoms with Crippen LogP contribution in [0.2, 0.25) is 0 Å². The van der Waals surface area contributed by atoms with Crippen LogP contribution in [0, 0.1) is 12.8 Å². The standard InChI is InChI=1S/C10H21N2/c1-4-11(2)9-10-5-7-12(3)8-6-10/h10H,1,4-9H2,2-3H3. The Morgan fingerprint density at radius 3 is 2.50 bits per heavy atom. The van der Waals surface area contributed by atoms with Crippen LogP contribution < -0.4 is 0 Å². The lowest BCUT2D eigenvalue weighted by Gasteiger charge is -2.31. The van der Waals surface area contributed by atoms with Gasteiger partial charge >= 0.3 is 0 Å². The summed E-state index contributed by atoms with van der Waals surface area (Å²) in [5.41, 5.74) is 0. The molecule has 0 N–H and O–H groups in total. The molecule has 0 unspecified atom stereocenters. The van der Waals surface area contributed by atoms with Crippen molar-refractivity contribution in [2.75, 3.05) is 40.3 Å². The third-order valence-electron chi connectivity index (χ3n) is 2.79. The second-order valence-electron chi connectivity index (χ2n) is 4.01. The van der Waals surface area contributed by atoms with Gasteiger partial charge in [-0.2, -0.15) is 0 Å². The fraction of sp³-hybridized carbons (Fsp3) is 0.900. The molecule has 1 rings (SSSR count). The molecule has 0 saturated carbocycles. The molecule has 1 aliphatic rings. The predicted octanol–water partition coefficient (Wildman–Crippen LogP) is 1.09. The summed E-state index contributed by atoms with van der Waals surface area (Å²) < 4.78 is 0. The monoisotopic (exact) mass is 169 g/mol. The molecule has 0 bridgehead atoms. The Kier molecular flexibility index (Phi) is 4.02. The molecular formula is C10H21N2. The zero-order valence-corrected chi connectivity index (χ0v) is 8.42. The minimum atomic E-state index is 0.910. The van der Waals surface area contributed by atoms with E-state index in [0.29, 0.717) is 0 Å². The highest BCUT2D eigenvalue weighted by atomic mass is 15.1. The van der Waals surface area contributed by atoms with Gasteiger partial charge in [-0.05, 0) is 59.4 Å². The second kappa shape index (κ2) is 4.83. The van der Waals surface area contributed by atoms with Crippen molar-refractivity contribution in [3.8, 4) is 0 Å². The molecule has 1 aliphatic heterocycles. The third kappa shape index (κ3) is 3.11. The summed E-state index contributed by atoms with van der Waals surface area (Å²) in [6, 6.07) is 0. The van der Waals surface area contributed by atoms with E-state index >= 15 is 0 Å². The van der Waals surface area contributed by atoms with Gasteiger partial charge < -0.3 is 9.80 Å². The minimum Gasteiger partial charge on any atom is -0.306 e. The van der Waals surface area contributed by atoms with E-state index in [4.69, 9.17) is 0 Å². The highest BCUT2D eigenvalue weighted by Crippen LogP contribution is 2.16.